The first-order chi connectivity index (χ1) is 6.83. The van der Waals surface area contributed by atoms with Crippen molar-refractivity contribution in [1.29, 1.82) is 0 Å². The van der Waals surface area contributed by atoms with Crippen LogP contribution in [0.25, 0.3) is 0 Å². The van der Waals surface area contributed by atoms with Gasteiger partial charge in [-0.15, -0.1) is 0 Å². The van der Waals surface area contributed by atoms with Gasteiger partial charge in [-0.1, -0.05) is 12.1 Å². The summed E-state index contributed by atoms with van der Waals surface area (Å²) in [5, 5.41) is 0. The molecule has 1 aromatic rings. The maximum atomic E-state index is 5.98. The van der Waals surface area contributed by atoms with Gasteiger partial charge in [-0.2, -0.15) is 0 Å². The summed E-state index contributed by atoms with van der Waals surface area (Å²) in [5.74, 6) is 0. The molecule has 0 aromatic heterocycles. The van der Waals surface area contributed by atoms with E-state index in [1.165, 1.54) is 36.8 Å². The third kappa shape index (κ3) is 1.27. The Morgan fingerprint density at radius 2 is 1.36 bits per heavy atom. The van der Waals surface area contributed by atoms with Gasteiger partial charge in [0, 0.05) is 6.04 Å². The Kier molecular flexibility index (Phi) is 1.88. The van der Waals surface area contributed by atoms with E-state index in [1.54, 1.807) is 11.1 Å². The van der Waals surface area contributed by atoms with E-state index in [1.807, 2.05) is 0 Å². The Morgan fingerprint density at radius 1 is 0.857 bits per heavy atom. The third-order valence-electron chi connectivity index (χ3n) is 3.63. The number of fused-ring (bicyclic) bond motifs is 2. The predicted octanol–water partition coefficient (Wildman–Crippen LogP) is 1.99. The molecule has 1 heteroatoms. The molecule has 0 fully saturated rings. The Labute approximate surface area is 85.3 Å². The van der Waals surface area contributed by atoms with Crippen molar-refractivity contribution in [3.05, 3.63) is 34.4 Å². The standard InChI is InChI=1S/C13H17N/c14-13-7-11-5-9-3-1-2-4-10(9)6-12(11)8-13/h5-6,13H,1-4,7-8,14H2. The van der Waals surface area contributed by atoms with Crippen LogP contribution >= 0.6 is 0 Å². The monoisotopic (exact) mass is 187 g/mol. The summed E-state index contributed by atoms with van der Waals surface area (Å²) in [6.07, 6.45) is 7.52. The van der Waals surface area contributed by atoms with Crippen molar-refractivity contribution >= 4 is 0 Å². The summed E-state index contributed by atoms with van der Waals surface area (Å²) in [6.45, 7) is 0. The predicted molar refractivity (Wildman–Crippen MR) is 58.5 cm³/mol. The first kappa shape index (κ1) is 8.49. The molecule has 0 unspecified atom stereocenters. The molecule has 2 aliphatic rings. The highest BCUT2D eigenvalue weighted by Crippen LogP contribution is 2.29. The molecule has 0 heterocycles. The van der Waals surface area contributed by atoms with E-state index in [9.17, 15) is 0 Å². The van der Waals surface area contributed by atoms with Gasteiger partial charge >= 0.3 is 0 Å². The zero-order chi connectivity index (χ0) is 9.54. The van der Waals surface area contributed by atoms with Crippen LogP contribution in [-0.4, -0.2) is 6.04 Å². The van der Waals surface area contributed by atoms with Crippen molar-refractivity contribution in [2.24, 2.45) is 5.73 Å². The zero-order valence-corrected chi connectivity index (χ0v) is 8.55. The van der Waals surface area contributed by atoms with Crippen LogP contribution in [0.3, 0.4) is 0 Å². The number of hydrogen-bond donors (Lipinski definition) is 1. The van der Waals surface area contributed by atoms with Crippen molar-refractivity contribution < 1.29 is 0 Å². The van der Waals surface area contributed by atoms with Gasteiger partial charge in [0.25, 0.3) is 0 Å². The van der Waals surface area contributed by atoms with Crippen LogP contribution in [0.15, 0.2) is 12.1 Å². The lowest BCUT2D eigenvalue weighted by molar-refractivity contribution is 0.684. The van der Waals surface area contributed by atoms with Gasteiger partial charge in [-0.25, -0.2) is 0 Å². The minimum absolute atomic E-state index is 0.383. The van der Waals surface area contributed by atoms with Crippen LogP contribution in [0.5, 0.6) is 0 Å². The number of benzene rings is 1. The van der Waals surface area contributed by atoms with Gasteiger partial charge in [0.1, 0.15) is 0 Å². The van der Waals surface area contributed by atoms with Crippen LogP contribution in [0.2, 0.25) is 0 Å². The van der Waals surface area contributed by atoms with Gasteiger partial charge in [-0.05, 0) is 60.8 Å². The second-order valence-corrected chi connectivity index (χ2v) is 4.77. The van der Waals surface area contributed by atoms with Crippen LogP contribution in [0, 0.1) is 0 Å². The number of rotatable bonds is 0. The molecule has 0 saturated carbocycles. The summed E-state index contributed by atoms with van der Waals surface area (Å²) >= 11 is 0. The molecule has 3 rings (SSSR count). The highest BCUT2D eigenvalue weighted by molar-refractivity contribution is 5.43. The first-order valence-electron chi connectivity index (χ1n) is 5.72. The van der Waals surface area contributed by atoms with E-state index in [0.717, 1.165) is 12.8 Å². The van der Waals surface area contributed by atoms with Gasteiger partial charge in [0.05, 0.1) is 0 Å². The molecule has 0 bridgehead atoms. The second kappa shape index (κ2) is 3.09. The molecule has 0 spiro atoms. The average molecular weight is 187 g/mol. The molecule has 74 valence electrons. The number of hydrogen-bond acceptors (Lipinski definition) is 1. The van der Waals surface area contributed by atoms with E-state index >= 15 is 0 Å². The molecule has 1 nitrogen and oxygen atoms in total. The largest absolute Gasteiger partial charge is 0.327 e. The highest BCUT2D eigenvalue weighted by Gasteiger charge is 2.20. The lowest BCUT2D eigenvalue weighted by Crippen LogP contribution is -2.18. The summed E-state index contributed by atoms with van der Waals surface area (Å²) in [5.41, 5.74) is 12.2. The molecule has 2 aliphatic carbocycles. The van der Waals surface area contributed by atoms with E-state index in [0.29, 0.717) is 6.04 Å². The van der Waals surface area contributed by atoms with Crippen molar-refractivity contribution in [2.75, 3.05) is 0 Å². The van der Waals surface area contributed by atoms with Crippen molar-refractivity contribution in [3.63, 3.8) is 0 Å². The van der Waals surface area contributed by atoms with Crippen molar-refractivity contribution in [3.8, 4) is 0 Å². The van der Waals surface area contributed by atoms with Crippen LogP contribution in [0.1, 0.15) is 35.1 Å². The van der Waals surface area contributed by atoms with E-state index < -0.39 is 0 Å². The molecule has 1 aromatic carbocycles. The fraction of sp³-hybridized carbons (Fsp3) is 0.538. The average Bonchev–Trinajstić information content (AvgIpc) is 2.53. The van der Waals surface area contributed by atoms with Gasteiger partial charge in [0.2, 0.25) is 0 Å². The summed E-state index contributed by atoms with van der Waals surface area (Å²) in [6, 6.07) is 5.24. The molecule has 0 amide bonds. The first-order valence-corrected chi connectivity index (χ1v) is 5.72. The van der Waals surface area contributed by atoms with Gasteiger partial charge < -0.3 is 5.73 Å². The smallest absolute Gasteiger partial charge is 0.0120 e. The Bertz CT molecular complexity index is 333. The topological polar surface area (TPSA) is 26.0 Å². The minimum Gasteiger partial charge on any atom is -0.327 e. The molecular weight excluding hydrogens is 170 g/mol. The quantitative estimate of drug-likeness (QED) is 0.660. The van der Waals surface area contributed by atoms with E-state index in [2.05, 4.69) is 12.1 Å². The SMILES string of the molecule is NC1Cc2cc3c(cc2C1)CCCC3. The van der Waals surface area contributed by atoms with Crippen LogP contribution < -0.4 is 5.73 Å². The fourth-order valence-corrected chi connectivity index (χ4v) is 2.90. The third-order valence-corrected chi connectivity index (χ3v) is 3.63. The number of aryl methyl sites for hydroxylation is 2. The Hall–Kier alpha value is -0.820. The summed E-state index contributed by atoms with van der Waals surface area (Å²) in [4.78, 5) is 0. The van der Waals surface area contributed by atoms with Crippen molar-refractivity contribution in [1.82, 2.24) is 0 Å². The maximum Gasteiger partial charge on any atom is 0.0120 e. The lowest BCUT2D eigenvalue weighted by atomic mass is 9.89. The lowest BCUT2D eigenvalue weighted by Gasteiger charge is -2.17. The van der Waals surface area contributed by atoms with Gasteiger partial charge in [-0.3, -0.25) is 0 Å². The molecule has 0 aliphatic heterocycles. The maximum absolute atomic E-state index is 5.98. The summed E-state index contributed by atoms with van der Waals surface area (Å²) < 4.78 is 0. The molecule has 2 N–H and O–H groups in total. The zero-order valence-electron chi connectivity index (χ0n) is 8.55. The van der Waals surface area contributed by atoms with Crippen molar-refractivity contribution in [2.45, 2.75) is 44.6 Å². The van der Waals surface area contributed by atoms with E-state index in [4.69, 9.17) is 5.73 Å². The van der Waals surface area contributed by atoms with Crippen LogP contribution in [0.4, 0.5) is 0 Å². The minimum atomic E-state index is 0.383. The molecule has 14 heavy (non-hydrogen) atoms. The highest BCUT2D eigenvalue weighted by atomic mass is 14.6. The molecule has 0 saturated heterocycles. The molecule has 0 atom stereocenters. The van der Waals surface area contributed by atoms with Gasteiger partial charge in [0.15, 0.2) is 0 Å². The Balaban J connectivity index is 2.06. The normalized spacial score (nSPS) is 20.6. The molecular formula is C13H17N. The van der Waals surface area contributed by atoms with Crippen LogP contribution in [-0.2, 0) is 25.7 Å². The number of nitrogens with two attached hydrogens (primary N) is 1. The Morgan fingerprint density at radius 3 is 1.86 bits per heavy atom. The fourth-order valence-electron chi connectivity index (χ4n) is 2.90. The second-order valence-electron chi connectivity index (χ2n) is 4.77. The molecule has 0 radical (unpaired) electrons. The summed E-state index contributed by atoms with van der Waals surface area (Å²) in [7, 11) is 0. The van der Waals surface area contributed by atoms with E-state index in [-0.39, 0.29) is 0 Å².